The molecule has 1 fully saturated rings. The molecule has 0 radical (unpaired) electrons. The van der Waals surface area contributed by atoms with Crippen LogP contribution in [0, 0.1) is 0 Å². The molecule has 0 saturated carbocycles. The van der Waals surface area contributed by atoms with Gasteiger partial charge in [0, 0.05) is 50.8 Å². The minimum Gasteiger partial charge on any atom is -0.353 e. The minimum absolute atomic E-state index is 0.0331. The van der Waals surface area contributed by atoms with Crippen LogP contribution in [0.25, 0.3) is 0 Å². The molecule has 2 aromatic rings. The lowest BCUT2D eigenvalue weighted by atomic mass is 10.1. The molecule has 2 aromatic heterocycles. The van der Waals surface area contributed by atoms with Gasteiger partial charge in [-0.15, -0.1) is 0 Å². The van der Waals surface area contributed by atoms with E-state index in [9.17, 15) is 0 Å². The number of nitrogens with two attached hydrogens (primary N) is 1. The monoisotopic (exact) mass is 284 g/mol. The molecular weight excluding hydrogens is 264 g/mol. The summed E-state index contributed by atoms with van der Waals surface area (Å²) in [7, 11) is 0. The molecule has 1 aliphatic rings. The SMILES string of the molecule is CC(N)c1ccnc(N2CCN(c3ncccn3)CC2)c1. The third kappa shape index (κ3) is 3.11. The van der Waals surface area contributed by atoms with Crippen molar-refractivity contribution in [2.24, 2.45) is 5.73 Å². The van der Waals surface area contributed by atoms with E-state index in [1.54, 1.807) is 12.4 Å². The lowest BCUT2D eigenvalue weighted by Crippen LogP contribution is -2.47. The number of pyridine rings is 1. The highest BCUT2D eigenvalue weighted by molar-refractivity contribution is 5.44. The number of anilines is 2. The van der Waals surface area contributed by atoms with E-state index < -0.39 is 0 Å². The van der Waals surface area contributed by atoms with Crippen LogP contribution in [0.1, 0.15) is 18.5 Å². The summed E-state index contributed by atoms with van der Waals surface area (Å²) < 4.78 is 0. The topological polar surface area (TPSA) is 71.2 Å². The fourth-order valence-corrected chi connectivity index (χ4v) is 2.48. The first-order valence-electron chi connectivity index (χ1n) is 7.22. The van der Waals surface area contributed by atoms with Crippen LogP contribution >= 0.6 is 0 Å². The minimum atomic E-state index is 0.0331. The molecule has 1 unspecified atom stereocenters. The fraction of sp³-hybridized carbons (Fsp3) is 0.400. The van der Waals surface area contributed by atoms with E-state index in [2.05, 4.69) is 30.8 Å². The summed E-state index contributed by atoms with van der Waals surface area (Å²) in [6, 6.07) is 5.93. The highest BCUT2D eigenvalue weighted by atomic mass is 15.3. The molecule has 6 heteroatoms. The number of nitrogens with zero attached hydrogens (tertiary/aromatic N) is 5. The van der Waals surface area contributed by atoms with Gasteiger partial charge in [0.25, 0.3) is 0 Å². The zero-order chi connectivity index (χ0) is 14.7. The van der Waals surface area contributed by atoms with Crippen LogP contribution in [-0.2, 0) is 0 Å². The predicted octanol–water partition coefficient (Wildman–Crippen LogP) is 1.22. The van der Waals surface area contributed by atoms with Crippen molar-refractivity contribution in [2.75, 3.05) is 36.0 Å². The van der Waals surface area contributed by atoms with Gasteiger partial charge in [0.05, 0.1) is 0 Å². The summed E-state index contributed by atoms with van der Waals surface area (Å²) in [6.45, 7) is 5.60. The van der Waals surface area contributed by atoms with Gasteiger partial charge in [-0.3, -0.25) is 0 Å². The van der Waals surface area contributed by atoms with Crippen LogP contribution in [0.15, 0.2) is 36.8 Å². The Morgan fingerprint density at radius 1 is 1.00 bits per heavy atom. The summed E-state index contributed by atoms with van der Waals surface area (Å²) in [6.07, 6.45) is 5.39. The average molecular weight is 284 g/mol. The number of hydrogen-bond donors (Lipinski definition) is 1. The fourth-order valence-electron chi connectivity index (χ4n) is 2.48. The van der Waals surface area contributed by atoms with Crippen LogP contribution in [0.2, 0.25) is 0 Å². The maximum Gasteiger partial charge on any atom is 0.225 e. The Hall–Kier alpha value is -2.21. The lowest BCUT2D eigenvalue weighted by Gasteiger charge is -2.35. The molecule has 0 spiro atoms. The summed E-state index contributed by atoms with van der Waals surface area (Å²) >= 11 is 0. The lowest BCUT2D eigenvalue weighted by molar-refractivity contribution is 0.633. The van der Waals surface area contributed by atoms with E-state index in [4.69, 9.17) is 5.73 Å². The van der Waals surface area contributed by atoms with Crippen LogP contribution in [0.3, 0.4) is 0 Å². The quantitative estimate of drug-likeness (QED) is 0.913. The molecule has 1 atom stereocenters. The van der Waals surface area contributed by atoms with Gasteiger partial charge in [0.15, 0.2) is 0 Å². The first kappa shape index (κ1) is 13.8. The number of aromatic nitrogens is 3. The molecule has 21 heavy (non-hydrogen) atoms. The first-order chi connectivity index (χ1) is 10.2. The first-order valence-corrected chi connectivity index (χ1v) is 7.22. The van der Waals surface area contributed by atoms with Crippen molar-refractivity contribution in [2.45, 2.75) is 13.0 Å². The third-order valence-corrected chi connectivity index (χ3v) is 3.73. The number of rotatable bonds is 3. The van der Waals surface area contributed by atoms with E-state index in [-0.39, 0.29) is 6.04 Å². The Balaban J connectivity index is 1.67. The average Bonchev–Trinajstić information content (AvgIpc) is 2.56. The Morgan fingerprint density at radius 3 is 2.33 bits per heavy atom. The van der Waals surface area contributed by atoms with Crippen LogP contribution < -0.4 is 15.5 Å². The van der Waals surface area contributed by atoms with Gasteiger partial charge in [-0.25, -0.2) is 15.0 Å². The Morgan fingerprint density at radius 2 is 1.67 bits per heavy atom. The molecule has 0 amide bonds. The van der Waals surface area contributed by atoms with Crippen LogP contribution in [-0.4, -0.2) is 41.1 Å². The number of piperazine rings is 1. The van der Waals surface area contributed by atoms with Crippen molar-refractivity contribution < 1.29 is 0 Å². The molecule has 1 aliphatic heterocycles. The Bertz CT molecular complexity index is 578. The zero-order valence-corrected chi connectivity index (χ0v) is 12.2. The van der Waals surface area contributed by atoms with Crippen molar-refractivity contribution in [1.29, 1.82) is 0 Å². The molecule has 6 nitrogen and oxygen atoms in total. The van der Waals surface area contributed by atoms with Gasteiger partial charge in [0.2, 0.25) is 5.95 Å². The van der Waals surface area contributed by atoms with Crippen molar-refractivity contribution in [3.63, 3.8) is 0 Å². The normalized spacial score (nSPS) is 16.9. The van der Waals surface area contributed by atoms with E-state index in [0.29, 0.717) is 0 Å². The number of hydrogen-bond acceptors (Lipinski definition) is 6. The molecule has 0 aliphatic carbocycles. The molecular formula is C15H20N6. The van der Waals surface area contributed by atoms with Crippen LogP contribution in [0.4, 0.5) is 11.8 Å². The van der Waals surface area contributed by atoms with Gasteiger partial charge in [0.1, 0.15) is 5.82 Å². The second kappa shape index (κ2) is 6.05. The second-order valence-electron chi connectivity index (χ2n) is 5.26. The molecule has 2 N–H and O–H groups in total. The van der Waals surface area contributed by atoms with E-state index >= 15 is 0 Å². The van der Waals surface area contributed by atoms with E-state index in [1.807, 2.05) is 25.3 Å². The maximum atomic E-state index is 5.94. The van der Waals surface area contributed by atoms with Gasteiger partial charge >= 0.3 is 0 Å². The molecule has 3 heterocycles. The molecule has 3 rings (SSSR count). The standard InChI is InChI=1S/C15H20N6/c1-12(16)13-3-6-17-14(11-13)20-7-9-21(10-8-20)15-18-4-2-5-19-15/h2-6,11-12H,7-10,16H2,1H3. The molecule has 0 aromatic carbocycles. The zero-order valence-electron chi connectivity index (χ0n) is 12.2. The summed E-state index contributed by atoms with van der Waals surface area (Å²) in [4.78, 5) is 17.6. The van der Waals surface area contributed by atoms with E-state index in [1.165, 1.54) is 0 Å². The maximum absolute atomic E-state index is 5.94. The van der Waals surface area contributed by atoms with Crippen molar-refractivity contribution in [3.05, 3.63) is 42.4 Å². The van der Waals surface area contributed by atoms with Gasteiger partial charge in [-0.1, -0.05) is 0 Å². The summed E-state index contributed by atoms with van der Waals surface area (Å²) in [5, 5.41) is 0. The van der Waals surface area contributed by atoms with Gasteiger partial charge in [-0.05, 0) is 30.7 Å². The van der Waals surface area contributed by atoms with Crippen LogP contribution in [0.5, 0.6) is 0 Å². The molecule has 110 valence electrons. The second-order valence-corrected chi connectivity index (χ2v) is 5.26. The largest absolute Gasteiger partial charge is 0.353 e. The summed E-state index contributed by atoms with van der Waals surface area (Å²) in [5.41, 5.74) is 7.06. The third-order valence-electron chi connectivity index (χ3n) is 3.73. The van der Waals surface area contributed by atoms with E-state index in [0.717, 1.165) is 43.5 Å². The van der Waals surface area contributed by atoms with Gasteiger partial charge in [-0.2, -0.15) is 0 Å². The van der Waals surface area contributed by atoms with Gasteiger partial charge < -0.3 is 15.5 Å². The predicted molar refractivity (Wildman–Crippen MR) is 83.3 cm³/mol. The Kier molecular flexibility index (Phi) is 3.96. The van der Waals surface area contributed by atoms with Crippen molar-refractivity contribution in [1.82, 2.24) is 15.0 Å². The van der Waals surface area contributed by atoms with Crippen molar-refractivity contribution in [3.8, 4) is 0 Å². The summed E-state index contributed by atoms with van der Waals surface area (Å²) in [5.74, 6) is 1.80. The Labute approximate surface area is 124 Å². The molecule has 0 bridgehead atoms. The molecule has 1 saturated heterocycles. The smallest absolute Gasteiger partial charge is 0.225 e. The van der Waals surface area contributed by atoms with Crippen molar-refractivity contribution >= 4 is 11.8 Å². The highest BCUT2D eigenvalue weighted by Crippen LogP contribution is 2.19. The highest BCUT2D eigenvalue weighted by Gasteiger charge is 2.20.